The van der Waals surface area contributed by atoms with Crippen molar-refractivity contribution in [2.75, 3.05) is 0 Å². The van der Waals surface area contributed by atoms with Gasteiger partial charge in [0.2, 0.25) is 0 Å². The van der Waals surface area contributed by atoms with E-state index in [1.54, 1.807) is 0 Å². The lowest BCUT2D eigenvalue weighted by atomic mass is 10.0. The van der Waals surface area contributed by atoms with Crippen molar-refractivity contribution in [3.8, 4) is 0 Å². The van der Waals surface area contributed by atoms with Crippen molar-refractivity contribution in [2.45, 2.75) is 69.1 Å². The quantitative estimate of drug-likeness (QED) is 0.548. The summed E-state index contributed by atoms with van der Waals surface area (Å²) in [5.74, 6) is 0. The van der Waals surface area contributed by atoms with Gasteiger partial charge in [0.05, 0.1) is 0 Å². The first-order valence-electron chi connectivity index (χ1n) is 6.97. The molecule has 0 bridgehead atoms. The van der Waals surface area contributed by atoms with Gasteiger partial charge in [-0.2, -0.15) is 0 Å². The second kappa shape index (κ2) is 8.89. The van der Waals surface area contributed by atoms with Crippen LogP contribution in [0, 0.1) is 0 Å². The first-order chi connectivity index (χ1) is 8.44. The van der Waals surface area contributed by atoms with Gasteiger partial charge >= 0.3 is 0 Å². The van der Waals surface area contributed by atoms with Crippen molar-refractivity contribution in [2.24, 2.45) is 5.73 Å². The first kappa shape index (κ1) is 18.8. The summed E-state index contributed by atoms with van der Waals surface area (Å²) >= 11 is 1.91. The van der Waals surface area contributed by atoms with Gasteiger partial charge in [-0.05, 0) is 18.1 Å². The zero-order valence-electron chi connectivity index (χ0n) is 12.6. The molecular formula is C16H28ClNS. The van der Waals surface area contributed by atoms with E-state index in [2.05, 4.69) is 52.0 Å². The Bertz CT molecular complexity index is 360. The molecule has 1 aromatic rings. The van der Waals surface area contributed by atoms with Gasteiger partial charge < -0.3 is 5.73 Å². The summed E-state index contributed by atoms with van der Waals surface area (Å²) in [4.78, 5) is 1.34. The van der Waals surface area contributed by atoms with Crippen LogP contribution in [-0.2, 0) is 0 Å². The Morgan fingerprint density at radius 1 is 1.16 bits per heavy atom. The molecule has 110 valence electrons. The van der Waals surface area contributed by atoms with Crippen molar-refractivity contribution in [3.63, 3.8) is 0 Å². The summed E-state index contributed by atoms with van der Waals surface area (Å²) in [6.07, 6.45) is 4.86. The lowest BCUT2D eigenvalue weighted by molar-refractivity contribution is 0.575. The maximum absolute atomic E-state index is 6.34. The molecule has 0 aliphatic rings. The molecule has 1 nitrogen and oxygen atoms in total. The Kier molecular flexibility index (Phi) is 8.80. The first-order valence-corrected chi connectivity index (χ1v) is 7.79. The molecule has 2 N–H and O–H groups in total. The third kappa shape index (κ3) is 7.24. The minimum absolute atomic E-state index is 0. The molecule has 0 amide bonds. The van der Waals surface area contributed by atoms with Crippen molar-refractivity contribution >= 4 is 24.2 Å². The van der Waals surface area contributed by atoms with E-state index in [0.717, 1.165) is 6.42 Å². The summed E-state index contributed by atoms with van der Waals surface area (Å²) in [5, 5.41) is 0. The lowest BCUT2D eigenvalue weighted by Crippen LogP contribution is -2.13. The van der Waals surface area contributed by atoms with Crippen LogP contribution >= 0.6 is 24.2 Å². The predicted molar refractivity (Wildman–Crippen MR) is 90.4 cm³/mol. The third-order valence-electron chi connectivity index (χ3n) is 2.85. The SMILES string of the molecule is CCCCC[C@H](N)c1ccccc1SC(C)(C)C.Cl. The highest BCUT2D eigenvalue weighted by Crippen LogP contribution is 2.36. The minimum atomic E-state index is 0. The summed E-state index contributed by atoms with van der Waals surface area (Å²) in [7, 11) is 0. The number of hydrogen-bond acceptors (Lipinski definition) is 2. The van der Waals surface area contributed by atoms with Gasteiger partial charge in [0.1, 0.15) is 0 Å². The smallest absolute Gasteiger partial charge is 0.0306 e. The van der Waals surface area contributed by atoms with Gasteiger partial charge in [-0.1, -0.05) is 65.2 Å². The second-order valence-electron chi connectivity index (χ2n) is 5.85. The predicted octanol–water partition coefficient (Wildman–Crippen LogP) is 5.58. The van der Waals surface area contributed by atoms with Gasteiger partial charge in [0.25, 0.3) is 0 Å². The van der Waals surface area contributed by atoms with Gasteiger partial charge in [-0.3, -0.25) is 0 Å². The maximum Gasteiger partial charge on any atom is 0.0306 e. The molecule has 0 saturated carbocycles. The van der Waals surface area contributed by atoms with E-state index in [0.29, 0.717) is 0 Å². The fraction of sp³-hybridized carbons (Fsp3) is 0.625. The van der Waals surface area contributed by atoms with E-state index in [4.69, 9.17) is 5.73 Å². The summed E-state index contributed by atoms with van der Waals surface area (Å²) in [5.41, 5.74) is 7.66. The molecule has 0 saturated heterocycles. The van der Waals surface area contributed by atoms with Gasteiger partial charge in [-0.15, -0.1) is 24.2 Å². The van der Waals surface area contributed by atoms with Crippen LogP contribution in [0.4, 0.5) is 0 Å². The minimum Gasteiger partial charge on any atom is -0.324 e. The second-order valence-corrected chi connectivity index (χ2v) is 7.72. The van der Waals surface area contributed by atoms with E-state index in [1.165, 1.54) is 29.7 Å². The molecule has 3 heteroatoms. The molecule has 1 atom stereocenters. The summed E-state index contributed by atoms with van der Waals surface area (Å²) < 4.78 is 0.235. The number of rotatable bonds is 6. The standard InChI is InChI=1S/C16H27NS.ClH/c1-5-6-7-11-14(17)13-10-8-9-12-15(13)18-16(2,3)4;/h8-10,12,14H,5-7,11,17H2,1-4H3;1H/t14-;/m0./s1. The van der Waals surface area contributed by atoms with Crippen LogP contribution in [0.1, 0.15) is 65.0 Å². The molecule has 0 fully saturated rings. The average molecular weight is 302 g/mol. The van der Waals surface area contributed by atoms with Crippen molar-refractivity contribution in [3.05, 3.63) is 29.8 Å². The number of hydrogen-bond donors (Lipinski definition) is 1. The van der Waals surface area contributed by atoms with Crippen LogP contribution in [0.3, 0.4) is 0 Å². The van der Waals surface area contributed by atoms with Crippen LogP contribution < -0.4 is 5.73 Å². The van der Waals surface area contributed by atoms with E-state index < -0.39 is 0 Å². The van der Waals surface area contributed by atoms with Crippen LogP contribution in [0.25, 0.3) is 0 Å². The van der Waals surface area contributed by atoms with E-state index in [1.807, 2.05) is 11.8 Å². The molecular weight excluding hydrogens is 274 g/mol. The monoisotopic (exact) mass is 301 g/mol. The zero-order chi connectivity index (χ0) is 13.6. The molecule has 19 heavy (non-hydrogen) atoms. The largest absolute Gasteiger partial charge is 0.324 e. The maximum atomic E-state index is 6.34. The average Bonchev–Trinajstić information content (AvgIpc) is 2.27. The molecule has 0 aliphatic carbocycles. The zero-order valence-corrected chi connectivity index (χ0v) is 14.2. The van der Waals surface area contributed by atoms with E-state index in [-0.39, 0.29) is 23.2 Å². The normalized spacial score (nSPS) is 12.9. The lowest BCUT2D eigenvalue weighted by Gasteiger charge is -2.22. The fourth-order valence-electron chi connectivity index (χ4n) is 1.98. The van der Waals surface area contributed by atoms with E-state index in [9.17, 15) is 0 Å². The van der Waals surface area contributed by atoms with Crippen LogP contribution in [-0.4, -0.2) is 4.75 Å². The molecule has 0 aliphatic heterocycles. The number of benzene rings is 1. The summed E-state index contributed by atoms with van der Waals surface area (Å²) in [6, 6.07) is 8.77. The third-order valence-corrected chi connectivity index (χ3v) is 4.06. The summed E-state index contributed by atoms with van der Waals surface area (Å²) in [6.45, 7) is 8.97. The molecule has 0 aromatic heterocycles. The Morgan fingerprint density at radius 2 is 1.79 bits per heavy atom. The molecule has 1 rings (SSSR count). The highest BCUT2D eigenvalue weighted by molar-refractivity contribution is 8.00. The van der Waals surface area contributed by atoms with Crippen molar-refractivity contribution in [1.29, 1.82) is 0 Å². The molecule has 0 unspecified atom stereocenters. The Balaban J connectivity index is 0.00000324. The highest BCUT2D eigenvalue weighted by atomic mass is 35.5. The van der Waals surface area contributed by atoms with Crippen LogP contribution in [0.15, 0.2) is 29.2 Å². The van der Waals surface area contributed by atoms with Gasteiger partial charge in [0.15, 0.2) is 0 Å². The Morgan fingerprint density at radius 3 is 2.37 bits per heavy atom. The van der Waals surface area contributed by atoms with Gasteiger partial charge in [-0.25, -0.2) is 0 Å². The number of nitrogens with two attached hydrogens (primary N) is 1. The molecule has 1 aromatic carbocycles. The van der Waals surface area contributed by atoms with Gasteiger partial charge in [0, 0.05) is 15.7 Å². The van der Waals surface area contributed by atoms with Crippen LogP contribution in [0.5, 0.6) is 0 Å². The fourth-order valence-corrected chi connectivity index (χ4v) is 3.12. The van der Waals surface area contributed by atoms with E-state index >= 15 is 0 Å². The number of thioether (sulfide) groups is 1. The highest BCUT2D eigenvalue weighted by Gasteiger charge is 2.17. The molecule has 0 heterocycles. The Hall–Kier alpha value is -0.180. The van der Waals surface area contributed by atoms with Crippen molar-refractivity contribution < 1.29 is 0 Å². The molecule has 0 spiro atoms. The van der Waals surface area contributed by atoms with Crippen LogP contribution in [0.2, 0.25) is 0 Å². The van der Waals surface area contributed by atoms with Crippen molar-refractivity contribution in [1.82, 2.24) is 0 Å². The topological polar surface area (TPSA) is 26.0 Å². The molecule has 0 radical (unpaired) electrons. The number of halogens is 1. The Labute approximate surface area is 129 Å². The number of unbranched alkanes of at least 4 members (excludes halogenated alkanes) is 2.